The largest absolute Gasteiger partial charge is 0.457 e. The summed E-state index contributed by atoms with van der Waals surface area (Å²) in [6.07, 6.45) is 0.873. The van der Waals surface area contributed by atoms with Gasteiger partial charge in [0.2, 0.25) is 0 Å². The Kier molecular flexibility index (Phi) is 4.55. The molecule has 0 unspecified atom stereocenters. The molecule has 4 rings (SSSR count). The number of Topliss-reactive ketones (excluding diaryl/α,β-unsaturated/α-hetero) is 1. The Morgan fingerprint density at radius 1 is 0.889 bits per heavy atom. The van der Waals surface area contributed by atoms with Crippen molar-refractivity contribution in [3.63, 3.8) is 0 Å². The van der Waals surface area contributed by atoms with Crippen molar-refractivity contribution in [3.8, 4) is 11.1 Å². The van der Waals surface area contributed by atoms with Gasteiger partial charge >= 0.3 is 5.97 Å². The fraction of sp³-hybridized carbons (Fsp3) is 0.130. The molecule has 0 aromatic heterocycles. The van der Waals surface area contributed by atoms with Crippen LogP contribution in [0.1, 0.15) is 27.0 Å². The highest BCUT2D eigenvalue weighted by atomic mass is 19.1. The summed E-state index contributed by atoms with van der Waals surface area (Å²) < 4.78 is 18.0. The van der Waals surface area contributed by atoms with Crippen LogP contribution in [0.25, 0.3) is 11.1 Å². The topological polar surface area (TPSA) is 43.4 Å². The Morgan fingerprint density at radius 2 is 1.63 bits per heavy atom. The number of rotatable bonds is 5. The van der Waals surface area contributed by atoms with Gasteiger partial charge in [0.25, 0.3) is 0 Å². The fourth-order valence-electron chi connectivity index (χ4n) is 3.35. The molecular formula is C23H17FO3. The number of fused-ring (bicyclic) bond motifs is 3. The Balaban J connectivity index is 1.41. The maximum absolute atomic E-state index is 12.9. The first-order valence-electron chi connectivity index (χ1n) is 8.74. The summed E-state index contributed by atoms with van der Waals surface area (Å²) in [4.78, 5) is 24.3. The first-order chi connectivity index (χ1) is 13.1. The molecule has 0 amide bonds. The molecule has 3 aromatic carbocycles. The minimum absolute atomic E-state index is 0.00508. The highest BCUT2D eigenvalue weighted by Gasteiger charge is 2.20. The number of hydrogen-bond donors (Lipinski definition) is 0. The van der Waals surface area contributed by atoms with E-state index in [0.29, 0.717) is 11.1 Å². The maximum Gasteiger partial charge on any atom is 0.310 e. The molecule has 0 saturated heterocycles. The molecule has 0 N–H and O–H groups in total. The zero-order chi connectivity index (χ0) is 18.8. The molecule has 3 aromatic rings. The third-order valence-corrected chi connectivity index (χ3v) is 4.75. The van der Waals surface area contributed by atoms with Crippen molar-refractivity contribution in [2.75, 3.05) is 6.61 Å². The average molecular weight is 360 g/mol. The van der Waals surface area contributed by atoms with E-state index in [-0.39, 0.29) is 24.6 Å². The molecule has 3 nitrogen and oxygen atoms in total. The van der Waals surface area contributed by atoms with Gasteiger partial charge in [0.1, 0.15) is 5.82 Å². The zero-order valence-electron chi connectivity index (χ0n) is 14.6. The van der Waals surface area contributed by atoms with Crippen molar-refractivity contribution in [2.24, 2.45) is 0 Å². The summed E-state index contributed by atoms with van der Waals surface area (Å²) in [7, 11) is 0. The lowest BCUT2D eigenvalue weighted by molar-refractivity contribution is -0.141. The van der Waals surface area contributed by atoms with E-state index in [9.17, 15) is 14.0 Å². The molecule has 0 fully saturated rings. The highest BCUT2D eigenvalue weighted by molar-refractivity contribution is 5.99. The fourth-order valence-corrected chi connectivity index (χ4v) is 3.35. The standard InChI is InChI=1S/C23H17FO3/c24-19-9-5-15(6-10-19)11-23(26)27-14-22(25)18-8-7-17-12-16-3-1-2-4-20(16)21(17)13-18/h1-10,13H,11-12,14H2. The molecular weight excluding hydrogens is 343 g/mol. The quantitative estimate of drug-likeness (QED) is 0.392. The minimum Gasteiger partial charge on any atom is -0.457 e. The van der Waals surface area contributed by atoms with Gasteiger partial charge in [-0.1, -0.05) is 48.5 Å². The van der Waals surface area contributed by atoms with Crippen molar-refractivity contribution >= 4 is 11.8 Å². The van der Waals surface area contributed by atoms with Crippen molar-refractivity contribution < 1.29 is 18.7 Å². The van der Waals surface area contributed by atoms with E-state index in [2.05, 4.69) is 12.1 Å². The summed E-state index contributed by atoms with van der Waals surface area (Å²) in [5.74, 6) is -1.11. The molecule has 0 atom stereocenters. The second-order valence-electron chi connectivity index (χ2n) is 6.59. The van der Waals surface area contributed by atoms with E-state index in [1.54, 1.807) is 6.07 Å². The Bertz CT molecular complexity index is 1020. The smallest absolute Gasteiger partial charge is 0.310 e. The number of ketones is 1. The Hall–Kier alpha value is -3.27. The van der Waals surface area contributed by atoms with Crippen LogP contribution >= 0.6 is 0 Å². The second-order valence-corrected chi connectivity index (χ2v) is 6.59. The van der Waals surface area contributed by atoms with E-state index in [1.807, 2.05) is 24.3 Å². The van der Waals surface area contributed by atoms with E-state index in [1.165, 1.54) is 35.4 Å². The number of carbonyl (C=O) groups excluding carboxylic acids is 2. The Labute approximate surface area is 156 Å². The molecule has 1 aliphatic rings. The number of carbonyl (C=O) groups is 2. The van der Waals surface area contributed by atoms with Gasteiger partial charge in [-0.05, 0) is 52.4 Å². The van der Waals surface area contributed by atoms with E-state index in [4.69, 9.17) is 4.74 Å². The van der Waals surface area contributed by atoms with Crippen LogP contribution in [0.15, 0.2) is 66.7 Å². The van der Waals surface area contributed by atoms with Crippen LogP contribution in [0.2, 0.25) is 0 Å². The first kappa shape index (κ1) is 17.2. The van der Waals surface area contributed by atoms with E-state index in [0.717, 1.165) is 17.5 Å². The molecule has 0 bridgehead atoms. The molecule has 1 aliphatic carbocycles. The number of halogens is 1. The number of benzene rings is 3. The van der Waals surface area contributed by atoms with Crippen molar-refractivity contribution in [1.82, 2.24) is 0 Å². The predicted octanol–water partition coefficient (Wildman–Crippen LogP) is 4.37. The van der Waals surface area contributed by atoms with Crippen LogP contribution < -0.4 is 0 Å². The predicted molar refractivity (Wildman–Crippen MR) is 100 cm³/mol. The highest BCUT2D eigenvalue weighted by Crippen LogP contribution is 2.36. The van der Waals surface area contributed by atoms with Gasteiger partial charge in [0, 0.05) is 5.56 Å². The molecule has 0 saturated carbocycles. The van der Waals surface area contributed by atoms with Gasteiger partial charge in [-0.15, -0.1) is 0 Å². The van der Waals surface area contributed by atoms with Gasteiger partial charge in [0.15, 0.2) is 12.4 Å². The van der Waals surface area contributed by atoms with Crippen LogP contribution in [0.3, 0.4) is 0 Å². The molecule has 27 heavy (non-hydrogen) atoms. The third kappa shape index (κ3) is 3.65. The van der Waals surface area contributed by atoms with Crippen LogP contribution in [0.4, 0.5) is 4.39 Å². The SMILES string of the molecule is O=C(Cc1ccc(F)cc1)OCC(=O)c1ccc2c(c1)-c1ccccc1C2. The van der Waals surface area contributed by atoms with Gasteiger partial charge in [-0.2, -0.15) is 0 Å². The molecule has 4 heteroatoms. The maximum atomic E-state index is 12.9. The minimum atomic E-state index is -0.513. The van der Waals surface area contributed by atoms with Crippen LogP contribution in [0, 0.1) is 5.82 Å². The third-order valence-electron chi connectivity index (χ3n) is 4.75. The summed E-state index contributed by atoms with van der Waals surface area (Å²) in [5.41, 5.74) is 5.83. The number of ether oxygens (including phenoxy) is 1. The molecule has 0 heterocycles. The van der Waals surface area contributed by atoms with Crippen molar-refractivity contribution in [3.05, 3.63) is 94.8 Å². The normalized spacial score (nSPS) is 11.6. The molecule has 134 valence electrons. The average Bonchev–Trinajstić information content (AvgIpc) is 3.06. The molecule has 0 radical (unpaired) electrons. The Morgan fingerprint density at radius 3 is 2.44 bits per heavy atom. The first-order valence-corrected chi connectivity index (χ1v) is 8.74. The lowest BCUT2D eigenvalue weighted by Crippen LogP contribution is -2.15. The molecule has 0 spiro atoms. The second kappa shape index (κ2) is 7.16. The lowest BCUT2D eigenvalue weighted by atomic mass is 10.0. The van der Waals surface area contributed by atoms with Crippen LogP contribution in [-0.4, -0.2) is 18.4 Å². The summed E-state index contributed by atoms with van der Waals surface area (Å²) >= 11 is 0. The summed E-state index contributed by atoms with van der Waals surface area (Å²) in [6.45, 7) is -0.305. The van der Waals surface area contributed by atoms with Crippen LogP contribution in [0.5, 0.6) is 0 Å². The molecule has 0 aliphatic heterocycles. The van der Waals surface area contributed by atoms with E-state index < -0.39 is 5.97 Å². The zero-order valence-corrected chi connectivity index (χ0v) is 14.6. The summed E-state index contributed by atoms with van der Waals surface area (Å²) in [5, 5.41) is 0. The van der Waals surface area contributed by atoms with Gasteiger partial charge in [-0.3, -0.25) is 9.59 Å². The van der Waals surface area contributed by atoms with Crippen molar-refractivity contribution in [2.45, 2.75) is 12.8 Å². The van der Waals surface area contributed by atoms with Crippen molar-refractivity contribution in [1.29, 1.82) is 0 Å². The van der Waals surface area contributed by atoms with Crippen LogP contribution in [-0.2, 0) is 22.4 Å². The number of hydrogen-bond acceptors (Lipinski definition) is 3. The lowest BCUT2D eigenvalue weighted by Gasteiger charge is -2.07. The van der Waals surface area contributed by atoms with Gasteiger partial charge in [0.05, 0.1) is 6.42 Å². The summed E-state index contributed by atoms with van der Waals surface area (Å²) in [6, 6.07) is 19.4. The van der Waals surface area contributed by atoms with Gasteiger partial charge < -0.3 is 4.74 Å². The van der Waals surface area contributed by atoms with E-state index >= 15 is 0 Å². The van der Waals surface area contributed by atoms with Gasteiger partial charge in [-0.25, -0.2) is 4.39 Å². The monoisotopic (exact) mass is 360 g/mol. The number of esters is 1.